The topological polar surface area (TPSA) is 17.8 Å². The van der Waals surface area contributed by atoms with Crippen LogP contribution < -0.4 is 0 Å². The Hall–Kier alpha value is -1.43. The first-order valence-corrected chi connectivity index (χ1v) is 5.88. The molecule has 0 amide bonds. The Labute approximate surface area is 108 Å². The first kappa shape index (κ1) is 13.0. The first-order valence-electron chi connectivity index (χ1n) is 5.25. The molecule has 18 heavy (non-hydrogen) atoms. The van der Waals surface area contributed by atoms with Crippen molar-refractivity contribution in [2.24, 2.45) is 0 Å². The van der Waals surface area contributed by atoms with E-state index >= 15 is 0 Å². The number of aromatic nitrogens is 2. The van der Waals surface area contributed by atoms with Gasteiger partial charge in [-0.2, -0.15) is 30.9 Å². The zero-order valence-electron chi connectivity index (χ0n) is 9.57. The van der Waals surface area contributed by atoms with Crippen molar-refractivity contribution in [3.8, 4) is 5.69 Å². The van der Waals surface area contributed by atoms with Crippen molar-refractivity contribution in [1.82, 2.24) is 9.78 Å². The van der Waals surface area contributed by atoms with E-state index in [1.54, 1.807) is 19.2 Å². The van der Waals surface area contributed by atoms with Crippen LogP contribution in [0, 0.1) is 6.92 Å². The average molecular weight is 272 g/mol. The van der Waals surface area contributed by atoms with E-state index in [9.17, 15) is 13.2 Å². The number of hydrogen-bond acceptors (Lipinski definition) is 2. The highest BCUT2D eigenvalue weighted by molar-refractivity contribution is 7.79. The molecule has 0 aliphatic rings. The van der Waals surface area contributed by atoms with Crippen molar-refractivity contribution >= 4 is 12.6 Å². The standard InChI is InChI=1S/C12H11F3N2S/c1-8-9(7-18)6-16-17(8)11-4-2-3-10(5-11)12(13,14)15/h2-6,18H,7H2,1H3. The molecule has 0 saturated carbocycles. The van der Waals surface area contributed by atoms with Crippen LogP contribution in [0.4, 0.5) is 13.2 Å². The number of halogens is 3. The molecule has 0 radical (unpaired) electrons. The normalized spacial score (nSPS) is 11.8. The van der Waals surface area contributed by atoms with E-state index in [1.165, 1.54) is 10.7 Å². The summed E-state index contributed by atoms with van der Waals surface area (Å²) in [6.45, 7) is 1.80. The maximum atomic E-state index is 12.6. The minimum atomic E-state index is -4.34. The molecule has 0 spiro atoms. The van der Waals surface area contributed by atoms with Gasteiger partial charge in [0, 0.05) is 17.0 Å². The number of hydrogen-bond donors (Lipinski definition) is 1. The van der Waals surface area contributed by atoms with Crippen LogP contribution in [0.5, 0.6) is 0 Å². The van der Waals surface area contributed by atoms with E-state index in [2.05, 4.69) is 17.7 Å². The van der Waals surface area contributed by atoms with Gasteiger partial charge in [-0.15, -0.1) is 0 Å². The second-order valence-electron chi connectivity index (χ2n) is 3.87. The molecule has 0 saturated heterocycles. The van der Waals surface area contributed by atoms with Gasteiger partial charge in [-0.1, -0.05) is 6.07 Å². The van der Waals surface area contributed by atoms with Crippen LogP contribution in [0.3, 0.4) is 0 Å². The van der Waals surface area contributed by atoms with Gasteiger partial charge in [0.2, 0.25) is 0 Å². The molecule has 0 unspecified atom stereocenters. The Kier molecular flexibility index (Phi) is 3.38. The molecule has 0 aliphatic heterocycles. The molecule has 0 N–H and O–H groups in total. The van der Waals surface area contributed by atoms with Crippen LogP contribution >= 0.6 is 12.6 Å². The van der Waals surface area contributed by atoms with E-state index in [4.69, 9.17) is 0 Å². The van der Waals surface area contributed by atoms with E-state index in [0.717, 1.165) is 23.4 Å². The quantitative estimate of drug-likeness (QED) is 0.826. The third-order valence-corrected chi connectivity index (χ3v) is 3.04. The van der Waals surface area contributed by atoms with Crippen molar-refractivity contribution < 1.29 is 13.2 Å². The minimum absolute atomic E-state index is 0.398. The van der Waals surface area contributed by atoms with Gasteiger partial charge in [0.05, 0.1) is 17.4 Å². The predicted molar refractivity (Wildman–Crippen MR) is 66.0 cm³/mol. The summed E-state index contributed by atoms with van der Waals surface area (Å²) >= 11 is 4.14. The lowest BCUT2D eigenvalue weighted by Gasteiger charge is -2.10. The van der Waals surface area contributed by atoms with E-state index in [-0.39, 0.29) is 0 Å². The third kappa shape index (κ3) is 2.38. The molecule has 0 aliphatic carbocycles. The molecule has 6 heteroatoms. The van der Waals surface area contributed by atoms with Crippen LogP contribution in [-0.2, 0) is 11.9 Å². The predicted octanol–water partition coefficient (Wildman–Crippen LogP) is 3.63. The fourth-order valence-electron chi connectivity index (χ4n) is 1.67. The summed E-state index contributed by atoms with van der Waals surface area (Å²) in [6.07, 6.45) is -2.73. The summed E-state index contributed by atoms with van der Waals surface area (Å²) < 4.78 is 39.3. The molecular formula is C12H11F3N2S. The van der Waals surface area contributed by atoms with Crippen molar-refractivity contribution in [3.05, 3.63) is 47.3 Å². The molecule has 96 valence electrons. The Bertz CT molecular complexity index is 561. The molecule has 0 bridgehead atoms. The fraction of sp³-hybridized carbons (Fsp3) is 0.250. The van der Waals surface area contributed by atoms with Crippen LogP contribution in [-0.4, -0.2) is 9.78 Å². The largest absolute Gasteiger partial charge is 0.416 e. The fourth-order valence-corrected chi connectivity index (χ4v) is 1.98. The molecule has 2 rings (SSSR count). The Morgan fingerprint density at radius 3 is 2.61 bits per heavy atom. The van der Waals surface area contributed by atoms with Crippen LogP contribution in [0.15, 0.2) is 30.5 Å². The second-order valence-corrected chi connectivity index (χ2v) is 4.19. The SMILES string of the molecule is Cc1c(CS)cnn1-c1cccc(C(F)(F)F)c1. The van der Waals surface area contributed by atoms with Gasteiger partial charge in [0.1, 0.15) is 0 Å². The maximum Gasteiger partial charge on any atom is 0.416 e. The number of thiol groups is 1. The summed E-state index contributed by atoms with van der Waals surface area (Å²) in [6, 6.07) is 5.10. The Morgan fingerprint density at radius 1 is 1.33 bits per heavy atom. The van der Waals surface area contributed by atoms with E-state index < -0.39 is 11.7 Å². The van der Waals surface area contributed by atoms with Crippen LogP contribution in [0.2, 0.25) is 0 Å². The highest BCUT2D eigenvalue weighted by Crippen LogP contribution is 2.30. The third-order valence-electron chi connectivity index (χ3n) is 2.70. The number of nitrogens with zero attached hydrogens (tertiary/aromatic N) is 2. The Balaban J connectivity index is 2.48. The van der Waals surface area contributed by atoms with Gasteiger partial charge < -0.3 is 0 Å². The number of alkyl halides is 3. The molecule has 1 aromatic carbocycles. The van der Waals surface area contributed by atoms with Crippen molar-refractivity contribution in [2.45, 2.75) is 18.9 Å². The first-order chi connectivity index (χ1) is 8.43. The molecular weight excluding hydrogens is 261 g/mol. The summed E-state index contributed by atoms with van der Waals surface area (Å²) in [5, 5.41) is 4.08. The smallest absolute Gasteiger partial charge is 0.238 e. The van der Waals surface area contributed by atoms with Gasteiger partial charge in [-0.05, 0) is 25.1 Å². The molecule has 1 heterocycles. The zero-order valence-corrected chi connectivity index (χ0v) is 10.5. The molecule has 0 atom stereocenters. The maximum absolute atomic E-state index is 12.6. The highest BCUT2D eigenvalue weighted by atomic mass is 32.1. The lowest BCUT2D eigenvalue weighted by molar-refractivity contribution is -0.137. The van der Waals surface area contributed by atoms with Crippen LogP contribution in [0.1, 0.15) is 16.8 Å². The molecule has 2 nitrogen and oxygen atoms in total. The van der Waals surface area contributed by atoms with Crippen molar-refractivity contribution in [1.29, 1.82) is 0 Å². The monoisotopic (exact) mass is 272 g/mol. The highest BCUT2D eigenvalue weighted by Gasteiger charge is 2.30. The van der Waals surface area contributed by atoms with Gasteiger partial charge in [0.25, 0.3) is 0 Å². The number of rotatable bonds is 2. The summed E-state index contributed by atoms with van der Waals surface area (Å²) in [4.78, 5) is 0. The zero-order chi connectivity index (χ0) is 13.3. The van der Waals surface area contributed by atoms with Crippen molar-refractivity contribution in [2.75, 3.05) is 0 Å². The van der Waals surface area contributed by atoms with Gasteiger partial charge in [0.15, 0.2) is 0 Å². The summed E-state index contributed by atoms with van der Waals surface area (Å²) in [5.41, 5.74) is 1.41. The second kappa shape index (κ2) is 4.68. The van der Waals surface area contributed by atoms with E-state index in [0.29, 0.717) is 11.4 Å². The summed E-state index contributed by atoms with van der Waals surface area (Å²) in [7, 11) is 0. The lowest BCUT2D eigenvalue weighted by Crippen LogP contribution is -2.07. The van der Waals surface area contributed by atoms with Gasteiger partial charge >= 0.3 is 6.18 Å². The lowest BCUT2D eigenvalue weighted by atomic mass is 10.2. The molecule has 0 fully saturated rings. The van der Waals surface area contributed by atoms with E-state index in [1.807, 2.05) is 0 Å². The average Bonchev–Trinajstić information content (AvgIpc) is 2.69. The minimum Gasteiger partial charge on any atom is -0.238 e. The number of benzene rings is 1. The Morgan fingerprint density at radius 2 is 2.06 bits per heavy atom. The van der Waals surface area contributed by atoms with Crippen LogP contribution in [0.25, 0.3) is 5.69 Å². The summed E-state index contributed by atoms with van der Waals surface area (Å²) in [5.74, 6) is 0.505. The molecule has 1 aromatic heterocycles. The van der Waals surface area contributed by atoms with Gasteiger partial charge in [-0.3, -0.25) is 0 Å². The molecule has 2 aromatic rings. The van der Waals surface area contributed by atoms with Crippen molar-refractivity contribution in [3.63, 3.8) is 0 Å². The van der Waals surface area contributed by atoms with Gasteiger partial charge in [-0.25, -0.2) is 4.68 Å².